The molecule has 0 aliphatic carbocycles. The van der Waals surface area contributed by atoms with Gasteiger partial charge in [-0.1, -0.05) is 54.1 Å². The van der Waals surface area contributed by atoms with Gasteiger partial charge in [0.2, 0.25) is 0 Å². The fourth-order valence-corrected chi connectivity index (χ4v) is 4.50. The molecule has 204 valence electrons. The summed E-state index contributed by atoms with van der Waals surface area (Å²) in [6.07, 6.45) is 1.46. The van der Waals surface area contributed by atoms with E-state index in [0.717, 1.165) is 21.9 Å². The number of halogens is 1. The quantitative estimate of drug-likeness (QED) is 0.163. The van der Waals surface area contributed by atoms with E-state index in [1.54, 1.807) is 37.4 Å². The molecule has 0 atom stereocenters. The predicted octanol–water partition coefficient (Wildman–Crippen LogP) is 6.71. The highest BCUT2D eigenvalue weighted by atomic mass is 35.5. The van der Waals surface area contributed by atoms with E-state index in [-0.39, 0.29) is 18.7 Å². The largest absolute Gasteiger partial charge is 0.497 e. The number of ether oxygens (including phenoxy) is 4. The maximum atomic E-state index is 12.8. The molecule has 0 radical (unpaired) electrons. The van der Waals surface area contributed by atoms with Crippen LogP contribution in [0.3, 0.4) is 0 Å². The first kappa shape index (κ1) is 28.3. The van der Waals surface area contributed by atoms with Crippen molar-refractivity contribution in [1.29, 1.82) is 5.26 Å². The molecule has 0 heterocycles. The number of benzene rings is 4. The highest BCUT2D eigenvalue weighted by molar-refractivity contribution is 6.32. The topological polar surface area (TPSA) is 89.8 Å². The highest BCUT2D eigenvalue weighted by Gasteiger charge is 2.16. The third kappa shape index (κ3) is 6.66. The molecule has 0 fully saturated rings. The molecule has 0 spiro atoms. The molecule has 40 heavy (non-hydrogen) atoms. The van der Waals surface area contributed by atoms with Crippen molar-refractivity contribution in [3.05, 3.63) is 100 Å². The minimum Gasteiger partial charge on any atom is -0.497 e. The molecular weight excluding hydrogens is 528 g/mol. The predicted molar refractivity (Wildman–Crippen MR) is 156 cm³/mol. The zero-order valence-corrected chi connectivity index (χ0v) is 23.2. The third-order valence-electron chi connectivity index (χ3n) is 6.19. The standard InChI is InChI=1S/C32H29ClN2O5/c1-4-39-30-16-21(14-25(18-34)32(36)35-19-23-12-13-26(37-2)17-29(23)38-3)15-28(33)31(30)40-20-24-10-7-9-22-8-5-6-11-27(22)24/h5-17H,4,19-20H2,1-3H3,(H,35,36)/b25-14+. The Bertz CT molecular complexity index is 1590. The van der Waals surface area contributed by atoms with Crippen molar-refractivity contribution in [3.8, 4) is 29.1 Å². The number of methoxy groups -OCH3 is 2. The molecule has 0 bridgehead atoms. The fourth-order valence-electron chi connectivity index (χ4n) is 4.23. The van der Waals surface area contributed by atoms with E-state index in [4.69, 9.17) is 30.5 Å². The number of fused-ring (bicyclic) bond motifs is 1. The summed E-state index contributed by atoms with van der Waals surface area (Å²) < 4.78 is 22.5. The average Bonchev–Trinajstić information content (AvgIpc) is 2.98. The smallest absolute Gasteiger partial charge is 0.262 e. The maximum absolute atomic E-state index is 12.8. The van der Waals surface area contributed by atoms with Gasteiger partial charge in [0.05, 0.1) is 25.8 Å². The van der Waals surface area contributed by atoms with E-state index < -0.39 is 5.91 Å². The van der Waals surface area contributed by atoms with Crippen LogP contribution in [0.5, 0.6) is 23.0 Å². The fraction of sp³-hybridized carbons (Fsp3) is 0.188. The van der Waals surface area contributed by atoms with Crippen molar-refractivity contribution in [2.24, 2.45) is 0 Å². The monoisotopic (exact) mass is 556 g/mol. The van der Waals surface area contributed by atoms with Gasteiger partial charge in [0.25, 0.3) is 5.91 Å². The van der Waals surface area contributed by atoms with Gasteiger partial charge >= 0.3 is 0 Å². The van der Waals surface area contributed by atoms with Gasteiger partial charge in [0.15, 0.2) is 11.5 Å². The number of nitrogens with one attached hydrogen (secondary N) is 1. The normalized spacial score (nSPS) is 11.0. The number of carbonyl (C=O) groups excluding carboxylic acids is 1. The Hall–Kier alpha value is -4.67. The summed E-state index contributed by atoms with van der Waals surface area (Å²) in [6.45, 7) is 2.68. The van der Waals surface area contributed by atoms with Crippen LogP contribution in [0.1, 0.15) is 23.6 Å². The minimum absolute atomic E-state index is 0.0876. The lowest BCUT2D eigenvalue weighted by molar-refractivity contribution is -0.117. The SMILES string of the molecule is CCOc1cc(/C=C(\C#N)C(=O)NCc2ccc(OC)cc2OC)cc(Cl)c1OCc1cccc2ccccc12. The van der Waals surface area contributed by atoms with Gasteiger partial charge in [-0.15, -0.1) is 0 Å². The number of amides is 1. The summed E-state index contributed by atoms with van der Waals surface area (Å²) in [7, 11) is 3.10. The van der Waals surface area contributed by atoms with Crippen molar-refractivity contribution in [2.75, 3.05) is 20.8 Å². The van der Waals surface area contributed by atoms with Gasteiger partial charge in [0, 0.05) is 18.2 Å². The summed E-state index contributed by atoms with van der Waals surface area (Å²) in [5.41, 5.74) is 2.19. The van der Waals surface area contributed by atoms with Crippen LogP contribution in [0.2, 0.25) is 5.02 Å². The lowest BCUT2D eigenvalue weighted by Gasteiger charge is -2.15. The van der Waals surface area contributed by atoms with Gasteiger partial charge in [-0.2, -0.15) is 5.26 Å². The minimum atomic E-state index is -0.536. The summed E-state index contributed by atoms with van der Waals surface area (Å²) in [4.78, 5) is 12.8. The number of hydrogen-bond donors (Lipinski definition) is 1. The first-order valence-electron chi connectivity index (χ1n) is 12.6. The van der Waals surface area contributed by atoms with Gasteiger partial charge in [0.1, 0.15) is 29.7 Å². The first-order valence-corrected chi connectivity index (χ1v) is 13.0. The second-order valence-corrected chi connectivity index (χ2v) is 9.13. The van der Waals surface area contributed by atoms with Gasteiger partial charge in [-0.05, 0) is 59.2 Å². The van der Waals surface area contributed by atoms with Crippen molar-refractivity contribution in [1.82, 2.24) is 5.32 Å². The molecule has 0 aliphatic rings. The molecule has 4 rings (SSSR count). The van der Waals surface area contributed by atoms with E-state index in [2.05, 4.69) is 17.4 Å². The Morgan fingerprint density at radius 2 is 1.75 bits per heavy atom. The molecule has 7 nitrogen and oxygen atoms in total. The molecule has 0 saturated carbocycles. The zero-order valence-electron chi connectivity index (χ0n) is 22.5. The summed E-state index contributed by atoms with van der Waals surface area (Å²) in [5.74, 6) is 1.47. The van der Waals surface area contributed by atoms with Gasteiger partial charge in [-0.25, -0.2) is 0 Å². The van der Waals surface area contributed by atoms with Gasteiger partial charge in [-0.3, -0.25) is 4.79 Å². The summed E-state index contributed by atoms with van der Waals surface area (Å²) in [6, 6.07) is 24.7. The Kier molecular flexibility index (Phi) is 9.50. The Balaban J connectivity index is 1.53. The van der Waals surface area contributed by atoms with Crippen molar-refractivity contribution < 1.29 is 23.7 Å². The number of rotatable bonds is 11. The van der Waals surface area contributed by atoms with Crippen molar-refractivity contribution in [3.63, 3.8) is 0 Å². The van der Waals surface area contributed by atoms with Crippen molar-refractivity contribution in [2.45, 2.75) is 20.1 Å². The van der Waals surface area contributed by atoms with Crippen LogP contribution in [0.25, 0.3) is 16.8 Å². The van der Waals surface area contributed by atoms with Crippen LogP contribution in [0.4, 0.5) is 0 Å². The molecule has 0 unspecified atom stereocenters. The Morgan fingerprint density at radius 3 is 2.50 bits per heavy atom. The second-order valence-electron chi connectivity index (χ2n) is 8.72. The molecular formula is C32H29ClN2O5. The van der Waals surface area contributed by atoms with E-state index in [0.29, 0.717) is 40.2 Å². The van der Waals surface area contributed by atoms with E-state index in [9.17, 15) is 10.1 Å². The van der Waals surface area contributed by atoms with Crippen LogP contribution >= 0.6 is 11.6 Å². The third-order valence-corrected chi connectivity index (χ3v) is 6.47. The van der Waals surface area contributed by atoms with Crippen LogP contribution < -0.4 is 24.3 Å². The van der Waals surface area contributed by atoms with Crippen LogP contribution in [0.15, 0.2) is 78.4 Å². The second kappa shape index (κ2) is 13.4. The molecule has 1 N–H and O–H groups in total. The molecule has 0 aromatic heterocycles. The Morgan fingerprint density at radius 1 is 0.950 bits per heavy atom. The lowest BCUT2D eigenvalue weighted by Crippen LogP contribution is -2.24. The number of hydrogen-bond acceptors (Lipinski definition) is 6. The van der Waals surface area contributed by atoms with Crippen molar-refractivity contribution >= 4 is 34.4 Å². The zero-order chi connectivity index (χ0) is 28.5. The lowest BCUT2D eigenvalue weighted by atomic mass is 10.1. The summed E-state index contributed by atoms with van der Waals surface area (Å²) in [5, 5.41) is 15.0. The Labute approximate surface area is 238 Å². The summed E-state index contributed by atoms with van der Waals surface area (Å²) >= 11 is 6.62. The number of nitriles is 1. The maximum Gasteiger partial charge on any atom is 0.262 e. The van der Waals surface area contributed by atoms with Crippen LogP contribution in [0, 0.1) is 11.3 Å². The molecule has 8 heteroatoms. The molecule has 0 saturated heterocycles. The number of carbonyl (C=O) groups is 1. The van der Waals surface area contributed by atoms with Gasteiger partial charge < -0.3 is 24.3 Å². The first-order chi connectivity index (χ1) is 19.5. The van der Waals surface area contributed by atoms with E-state index in [1.165, 1.54) is 13.2 Å². The van der Waals surface area contributed by atoms with E-state index in [1.807, 2.05) is 43.3 Å². The number of nitrogens with zero attached hydrogens (tertiary/aromatic N) is 1. The van der Waals surface area contributed by atoms with Crippen LogP contribution in [-0.4, -0.2) is 26.7 Å². The average molecular weight is 557 g/mol. The molecule has 4 aromatic carbocycles. The highest BCUT2D eigenvalue weighted by Crippen LogP contribution is 2.38. The molecule has 4 aromatic rings. The van der Waals surface area contributed by atoms with E-state index >= 15 is 0 Å². The van der Waals surface area contributed by atoms with Crippen LogP contribution in [-0.2, 0) is 17.9 Å². The molecule has 0 aliphatic heterocycles. The molecule has 1 amide bonds.